The van der Waals surface area contributed by atoms with Gasteiger partial charge in [-0.25, -0.2) is 0 Å². The van der Waals surface area contributed by atoms with Crippen LogP contribution in [0.5, 0.6) is 0 Å². The van der Waals surface area contributed by atoms with Gasteiger partial charge in [0, 0.05) is 24.1 Å². The maximum absolute atomic E-state index is 12.8. The van der Waals surface area contributed by atoms with Gasteiger partial charge in [-0.15, -0.1) is 0 Å². The van der Waals surface area contributed by atoms with Crippen molar-refractivity contribution in [1.82, 2.24) is 5.32 Å². The molecule has 1 aromatic heterocycles. The Morgan fingerprint density at radius 3 is 2.80 bits per heavy atom. The number of fused-ring (bicyclic) bond motifs is 1. The molecule has 0 amide bonds. The molecule has 20 heavy (non-hydrogen) atoms. The lowest BCUT2D eigenvalue weighted by molar-refractivity contribution is -0.183. The van der Waals surface area contributed by atoms with Gasteiger partial charge in [0.05, 0.1) is 12.2 Å². The highest BCUT2D eigenvalue weighted by Gasteiger charge is 2.42. The van der Waals surface area contributed by atoms with Crippen LogP contribution in [0.15, 0.2) is 16.7 Å². The molecule has 1 N–H and O–H groups in total. The summed E-state index contributed by atoms with van der Waals surface area (Å²) in [7, 11) is 0. The lowest BCUT2D eigenvalue weighted by Crippen LogP contribution is -2.41. The Balaban J connectivity index is 1.64. The smallest absolute Gasteiger partial charge is 0.391 e. The number of halogens is 3. The van der Waals surface area contributed by atoms with Crippen molar-refractivity contribution in [3.63, 3.8) is 0 Å². The van der Waals surface area contributed by atoms with E-state index in [1.807, 2.05) is 6.07 Å². The first kappa shape index (κ1) is 14.0. The molecule has 1 fully saturated rings. The number of rotatable bonds is 2. The van der Waals surface area contributed by atoms with Crippen LogP contribution in [-0.4, -0.2) is 12.2 Å². The van der Waals surface area contributed by atoms with E-state index in [2.05, 4.69) is 5.32 Å². The molecule has 0 aromatic carbocycles. The van der Waals surface area contributed by atoms with Crippen molar-refractivity contribution in [2.24, 2.45) is 5.92 Å². The first-order valence-corrected chi connectivity index (χ1v) is 7.43. The predicted octanol–water partition coefficient (Wildman–Crippen LogP) is 4.37. The summed E-state index contributed by atoms with van der Waals surface area (Å²) in [5.41, 5.74) is 1.14. The zero-order valence-electron chi connectivity index (χ0n) is 11.4. The zero-order chi connectivity index (χ0) is 14.2. The topological polar surface area (TPSA) is 25.2 Å². The van der Waals surface area contributed by atoms with Gasteiger partial charge >= 0.3 is 6.18 Å². The molecule has 3 atom stereocenters. The van der Waals surface area contributed by atoms with E-state index in [9.17, 15) is 13.2 Å². The Morgan fingerprint density at radius 1 is 1.15 bits per heavy atom. The van der Waals surface area contributed by atoms with Gasteiger partial charge < -0.3 is 9.73 Å². The average molecular weight is 287 g/mol. The summed E-state index contributed by atoms with van der Waals surface area (Å²) < 4.78 is 44.0. The molecule has 3 rings (SSSR count). The predicted molar refractivity (Wildman–Crippen MR) is 69.3 cm³/mol. The van der Waals surface area contributed by atoms with E-state index in [1.165, 1.54) is 0 Å². The minimum atomic E-state index is -4.05. The number of aryl methyl sites for hydroxylation is 1. The maximum atomic E-state index is 12.8. The first-order valence-electron chi connectivity index (χ1n) is 7.43. The molecule has 0 radical (unpaired) electrons. The second kappa shape index (κ2) is 5.43. The van der Waals surface area contributed by atoms with E-state index < -0.39 is 12.1 Å². The van der Waals surface area contributed by atoms with Crippen molar-refractivity contribution in [2.75, 3.05) is 0 Å². The fraction of sp³-hybridized carbons (Fsp3) is 0.733. The minimum absolute atomic E-state index is 0.0266. The Kier molecular flexibility index (Phi) is 3.80. The van der Waals surface area contributed by atoms with Crippen LogP contribution in [-0.2, 0) is 6.42 Å². The number of alkyl halides is 3. The molecule has 112 valence electrons. The molecule has 5 heteroatoms. The van der Waals surface area contributed by atoms with Gasteiger partial charge in [0.15, 0.2) is 0 Å². The van der Waals surface area contributed by atoms with Crippen molar-refractivity contribution < 1.29 is 17.6 Å². The Bertz CT molecular complexity index is 454. The lowest BCUT2D eigenvalue weighted by atomic mass is 9.84. The number of furan rings is 1. The van der Waals surface area contributed by atoms with Crippen LogP contribution in [0.2, 0.25) is 0 Å². The van der Waals surface area contributed by atoms with Gasteiger partial charge in [-0.05, 0) is 38.2 Å². The van der Waals surface area contributed by atoms with E-state index in [4.69, 9.17) is 4.42 Å². The monoisotopic (exact) mass is 287 g/mol. The van der Waals surface area contributed by atoms with Crippen LogP contribution in [0, 0.1) is 5.92 Å². The molecule has 0 spiro atoms. The van der Waals surface area contributed by atoms with Crippen LogP contribution >= 0.6 is 0 Å². The normalized spacial score (nSPS) is 31.1. The van der Waals surface area contributed by atoms with E-state index in [0.717, 1.165) is 37.0 Å². The highest BCUT2D eigenvalue weighted by molar-refractivity contribution is 5.24. The Labute approximate surface area is 116 Å². The summed E-state index contributed by atoms with van der Waals surface area (Å²) in [4.78, 5) is 0. The Hall–Kier alpha value is -0.970. The standard InChI is InChI=1S/C15H20F3NO/c16-15(17,18)10-3-1-4-11(9-10)19-13-5-2-6-14-12(13)7-8-20-14/h7-8,10-11,13,19H,1-6,9H2. The quantitative estimate of drug-likeness (QED) is 0.874. The van der Waals surface area contributed by atoms with Gasteiger partial charge in [0.1, 0.15) is 5.76 Å². The minimum Gasteiger partial charge on any atom is -0.469 e. The zero-order valence-corrected chi connectivity index (χ0v) is 11.4. The van der Waals surface area contributed by atoms with E-state index in [-0.39, 0.29) is 24.9 Å². The molecular weight excluding hydrogens is 267 g/mol. The second-order valence-electron chi connectivity index (χ2n) is 6.01. The van der Waals surface area contributed by atoms with E-state index >= 15 is 0 Å². The van der Waals surface area contributed by atoms with Crippen LogP contribution in [0.4, 0.5) is 13.2 Å². The second-order valence-corrected chi connectivity index (χ2v) is 6.01. The van der Waals surface area contributed by atoms with Crippen LogP contribution in [0.3, 0.4) is 0 Å². The third-order valence-corrected chi connectivity index (χ3v) is 4.63. The number of hydrogen-bond acceptors (Lipinski definition) is 2. The maximum Gasteiger partial charge on any atom is 0.391 e. The molecule has 2 nitrogen and oxygen atoms in total. The molecule has 1 heterocycles. The number of nitrogens with one attached hydrogen (secondary N) is 1. The lowest BCUT2D eigenvalue weighted by Gasteiger charge is -2.34. The molecule has 0 bridgehead atoms. The van der Waals surface area contributed by atoms with E-state index in [0.29, 0.717) is 6.42 Å². The van der Waals surface area contributed by atoms with Crippen molar-refractivity contribution in [3.05, 3.63) is 23.7 Å². The van der Waals surface area contributed by atoms with Gasteiger partial charge in [-0.1, -0.05) is 6.42 Å². The third kappa shape index (κ3) is 2.87. The van der Waals surface area contributed by atoms with Crippen molar-refractivity contribution in [3.8, 4) is 0 Å². The summed E-state index contributed by atoms with van der Waals surface area (Å²) in [5.74, 6) is -0.141. The molecule has 1 aromatic rings. The molecule has 0 saturated heterocycles. The van der Waals surface area contributed by atoms with Crippen molar-refractivity contribution >= 4 is 0 Å². The average Bonchev–Trinajstić information content (AvgIpc) is 2.87. The van der Waals surface area contributed by atoms with Crippen LogP contribution in [0.1, 0.15) is 55.9 Å². The fourth-order valence-corrected chi connectivity index (χ4v) is 3.58. The number of hydrogen-bond donors (Lipinski definition) is 1. The summed E-state index contributed by atoms with van der Waals surface area (Å²) in [6.07, 6.45) is 2.60. The van der Waals surface area contributed by atoms with E-state index in [1.54, 1.807) is 6.26 Å². The summed E-state index contributed by atoms with van der Waals surface area (Å²) >= 11 is 0. The van der Waals surface area contributed by atoms with Crippen molar-refractivity contribution in [2.45, 2.75) is 63.2 Å². The molecule has 2 aliphatic carbocycles. The molecule has 1 saturated carbocycles. The highest BCUT2D eigenvalue weighted by Crippen LogP contribution is 2.39. The third-order valence-electron chi connectivity index (χ3n) is 4.63. The van der Waals surface area contributed by atoms with Gasteiger partial charge in [0.25, 0.3) is 0 Å². The van der Waals surface area contributed by atoms with Crippen LogP contribution in [0.25, 0.3) is 0 Å². The molecular formula is C15H20F3NO. The van der Waals surface area contributed by atoms with Gasteiger partial charge in [-0.2, -0.15) is 13.2 Å². The summed E-state index contributed by atoms with van der Waals surface area (Å²) in [5, 5.41) is 3.44. The fourth-order valence-electron chi connectivity index (χ4n) is 3.58. The van der Waals surface area contributed by atoms with Gasteiger partial charge in [0.2, 0.25) is 0 Å². The SMILES string of the molecule is FC(F)(F)C1CCCC(NC2CCCc3occc32)C1. The Morgan fingerprint density at radius 2 is 2.00 bits per heavy atom. The van der Waals surface area contributed by atoms with Crippen molar-refractivity contribution in [1.29, 1.82) is 0 Å². The van der Waals surface area contributed by atoms with Crippen LogP contribution < -0.4 is 5.32 Å². The highest BCUT2D eigenvalue weighted by atomic mass is 19.4. The molecule has 2 aliphatic rings. The summed E-state index contributed by atoms with van der Waals surface area (Å²) in [6.45, 7) is 0. The summed E-state index contributed by atoms with van der Waals surface area (Å²) in [6, 6.07) is 2.09. The first-order chi connectivity index (χ1) is 9.54. The largest absolute Gasteiger partial charge is 0.469 e. The van der Waals surface area contributed by atoms with Gasteiger partial charge in [-0.3, -0.25) is 0 Å². The molecule has 0 aliphatic heterocycles. The molecule has 3 unspecified atom stereocenters.